The number of nitrogens with zero attached hydrogens (tertiary/aromatic N) is 3. The SMILES string of the molecule is Cc1noc([C@H](C)N(C)CC2CCCCC2)n1. The molecule has 1 heterocycles. The fraction of sp³-hybridized carbons (Fsp3) is 0.846. The Morgan fingerprint density at radius 2 is 2.06 bits per heavy atom. The maximum Gasteiger partial charge on any atom is 0.243 e. The molecule has 0 N–H and O–H groups in total. The highest BCUT2D eigenvalue weighted by molar-refractivity contribution is 4.90. The van der Waals surface area contributed by atoms with Crippen molar-refractivity contribution in [2.45, 2.75) is 52.0 Å². The lowest BCUT2D eigenvalue weighted by Crippen LogP contribution is -2.29. The van der Waals surface area contributed by atoms with Crippen molar-refractivity contribution in [2.75, 3.05) is 13.6 Å². The number of aromatic nitrogens is 2. The molecule has 2 rings (SSSR count). The summed E-state index contributed by atoms with van der Waals surface area (Å²) < 4.78 is 5.23. The fourth-order valence-electron chi connectivity index (χ4n) is 2.61. The molecule has 0 spiro atoms. The third kappa shape index (κ3) is 3.28. The van der Waals surface area contributed by atoms with E-state index in [0.717, 1.165) is 24.2 Å². The summed E-state index contributed by atoms with van der Waals surface area (Å²) in [6, 6.07) is 0.220. The predicted molar refractivity (Wildman–Crippen MR) is 66.7 cm³/mol. The third-order valence-electron chi connectivity index (χ3n) is 3.83. The molecule has 1 aliphatic carbocycles. The average Bonchev–Trinajstić information content (AvgIpc) is 2.76. The summed E-state index contributed by atoms with van der Waals surface area (Å²) >= 11 is 0. The van der Waals surface area contributed by atoms with Gasteiger partial charge in [0.15, 0.2) is 5.82 Å². The number of aryl methyl sites for hydroxylation is 1. The molecule has 0 aromatic carbocycles. The van der Waals surface area contributed by atoms with Crippen LogP contribution in [-0.4, -0.2) is 28.6 Å². The Balaban J connectivity index is 1.88. The second-order valence-electron chi connectivity index (χ2n) is 5.30. The van der Waals surface area contributed by atoms with E-state index in [1.807, 2.05) is 6.92 Å². The van der Waals surface area contributed by atoms with Crippen LogP contribution in [0.1, 0.15) is 56.8 Å². The van der Waals surface area contributed by atoms with Gasteiger partial charge in [-0.05, 0) is 39.7 Å². The van der Waals surface area contributed by atoms with Gasteiger partial charge in [0, 0.05) is 6.54 Å². The first-order valence-corrected chi connectivity index (χ1v) is 6.67. The van der Waals surface area contributed by atoms with Gasteiger partial charge in [-0.2, -0.15) is 4.98 Å². The van der Waals surface area contributed by atoms with Gasteiger partial charge in [0.2, 0.25) is 5.89 Å². The van der Waals surface area contributed by atoms with Crippen molar-refractivity contribution >= 4 is 0 Å². The van der Waals surface area contributed by atoms with Crippen LogP contribution in [0.3, 0.4) is 0 Å². The summed E-state index contributed by atoms with van der Waals surface area (Å²) in [7, 11) is 2.15. The van der Waals surface area contributed by atoms with Crippen LogP contribution in [0.4, 0.5) is 0 Å². The van der Waals surface area contributed by atoms with Crippen molar-refractivity contribution in [3.63, 3.8) is 0 Å². The fourth-order valence-corrected chi connectivity index (χ4v) is 2.61. The summed E-state index contributed by atoms with van der Waals surface area (Å²) in [4.78, 5) is 6.64. The monoisotopic (exact) mass is 237 g/mol. The third-order valence-corrected chi connectivity index (χ3v) is 3.83. The Morgan fingerprint density at radius 1 is 1.35 bits per heavy atom. The molecule has 0 radical (unpaired) electrons. The van der Waals surface area contributed by atoms with Crippen LogP contribution in [0.15, 0.2) is 4.52 Å². The zero-order valence-corrected chi connectivity index (χ0v) is 11.1. The van der Waals surface area contributed by atoms with Gasteiger partial charge in [0.1, 0.15) is 0 Å². The number of hydrogen-bond acceptors (Lipinski definition) is 4. The van der Waals surface area contributed by atoms with Crippen LogP contribution >= 0.6 is 0 Å². The molecule has 0 aliphatic heterocycles. The normalized spacial score (nSPS) is 19.8. The molecule has 0 bridgehead atoms. The van der Waals surface area contributed by atoms with Crippen molar-refractivity contribution in [2.24, 2.45) is 5.92 Å². The molecule has 4 heteroatoms. The van der Waals surface area contributed by atoms with Gasteiger partial charge < -0.3 is 4.52 Å². The highest BCUT2D eigenvalue weighted by Crippen LogP contribution is 2.26. The molecule has 1 saturated carbocycles. The Kier molecular flexibility index (Phi) is 4.15. The van der Waals surface area contributed by atoms with Crippen LogP contribution in [0.5, 0.6) is 0 Å². The molecule has 0 saturated heterocycles. The van der Waals surface area contributed by atoms with Gasteiger partial charge in [0.25, 0.3) is 0 Å². The van der Waals surface area contributed by atoms with Gasteiger partial charge in [-0.3, -0.25) is 4.90 Å². The van der Waals surface area contributed by atoms with Crippen molar-refractivity contribution in [3.8, 4) is 0 Å². The molecule has 1 atom stereocenters. The lowest BCUT2D eigenvalue weighted by molar-refractivity contribution is 0.164. The zero-order valence-electron chi connectivity index (χ0n) is 11.1. The van der Waals surface area contributed by atoms with Gasteiger partial charge in [0.05, 0.1) is 6.04 Å². The quantitative estimate of drug-likeness (QED) is 0.807. The molecule has 1 fully saturated rings. The maximum absolute atomic E-state index is 5.23. The van der Waals surface area contributed by atoms with Crippen LogP contribution in [0, 0.1) is 12.8 Å². The van der Waals surface area contributed by atoms with E-state index in [1.165, 1.54) is 32.1 Å². The average molecular weight is 237 g/mol. The van der Waals surface area contributed by atoms with Gasteiger partial charge in [-0.25, -0.2) is 0 Å². The lowest BCUT2D eigenvalue weighted by atomic mass is 9.89. The summed E-state index contributed by atoms with van der Waals surface area (Å²) in [5.74, 6) is 2.30. The minimum Gasteiger partial charge on any atom is -0.338 e. The van der Waals surface area contributed by atoms with Gasteiger partial charge >= 0.3 is 0 Å². The number of hydrogen-bond donors (Lipinski definition) is 0. The second kappa shape index (κ2) is 5.63. The topological polar surface area (TPSA) is 42.2 Å². The summed E-state index contributed by atoms with van der Waals surface area (Å²) in [6.07, 6.45) is 6.96. The maximum atomic E-state index is 5.23. The van der Waals surface area contributed by atoms with E-state index in [0.29, 0.717) is 0 Å². The molecule has 17 heavy (non-hydrogen) atoms. The van der Waals surface area contributed by atoms with Gasteiger partial charge in [-0.15, -0.1) is 0 Å². The first kappa shape index (κ1) is 12.6. The van der Waals surface area contributed by atoms with Crippen molar-refractivity contribution < 1.29 is 4.52 Å². The first-order valence-electron chi connectivity index (χ1n) is 6.67. The smallest absolute Gasteiger partial charge is 0.243 e. The summed E-state index contributed by atoms with van der Waals surface area (Å²) in [5.41, 5.74) is 0. The molecular formula is C13H23N3O. The first-order chi connectivity index (χ1) is 8.16. The Morgan fingerprint density at radius 3 is 2.65 bits per heavy atom. The molecule has 4 nitrogen and oxygen atoms in total. The Labute approximate surface area is 103 Å². The second-order valence-corrected chi connectivity index (χ2v) is 5.30. The van der Waals surface area contributed by atoms with E-state index in [9.17, 15) is 0 Å². The van der Waals surface area contributed by atoms with E-state index < -0.39 is 0 Å². The standard InChI is InChI=1S/C13H23N3O/c1-10(13-14-11(2)15-17-13)16(3)9-12-7-5-4-6-8-12/h10,12H,4-9H2,1-3H3/t10-/m0/s1. The minimum absolute atomic E-state index is 0.220. The van der Waals surface area contributed by atoms with E-state index in [-0.39, 0.29) is 6.04 Å². The van der Waals surface area contributed by atoms with Crippen molar-refractivity contribution in [3.05, 3.63) is 11.7 Å². The molecule has 1 aromatic rings. The molecule has 1 aliphatic rings. The van der Waals surface area contributed by atoms with Crippen LogP contribution < -0.4 is 0 Å². The highest BCUT2D eigenvalue weighted by Gasteiger charge is 2.22. The largest absolute Gasteiger partial charge is 0.338 e. The summed E-state index contributed by atoms with van der Waals surface area (Å²) in [6.45, 7) is 5.14. The van der Waals surface area contributed by atoms with Gasteiger partial charge in [-0.1, -0.05) is 24.4 Å². The molecule has 1 aromatic heterocycles. The minimum atomic E-state index is 0.220. The Hall–Kier alpha value is -0.900. The van der Waals surface area contributed by atoms with Crippen LogP contribution in [0.2, 0.25) is 0 Å². The van der Waals surface area contributed by atoms with Crippen molar-refractivity contribution in [1.82, 2.24) is 15.0 Å². The molecule has 96 valence electrons. The van der Waals surface area contributed by atoms with E-state index in [2.05, 4.69) is 29.0 Å². The highest BCUT2D eigenvalue weighted by atomic mass is 16.5. The molecule has 0 unspecified atom stereocenters. The summed E-state index contributed by atoms with van der Waals surface area (Å²) in [5, 5.41) is 3.85. The van der Waals surface area contributed by atoms with E-state index in [4.69, 9.17) is 4.52 Å². The predicted octanol–water partition coefficient (Wildman–Crippen LogP) is 2.95. The van der Waals surface area contributed by atoms with Crippen LogP contribution in [-0.2, 0) is 0 Å². The van der Waals surface area contributed by atoms with Crippen molar-refractivity contribution in [1.29, 1.82) is 0 Å². The van der Waals surface area contributed by atoms with E-state index >= 15 is 0 Å². The molecular weight excluding hydrogens is 214 g/mol. The lowest BCUT2D eigenvalue weighted by Gasteiger charge is -2.29. The van der Waals surface area contributed by atoms with Crippen LogP contribution in [0.25, 0.3) is 0 Å². The zero-order chi connectivity index (χ0) is 12.3. The Bertz CT molecular complexity index is 344. The number of rotatable bonds is 4. The van der Waals surface area contributed by atoms with E-state index in [1.54, 1.807) is 0 Å². The molecule has 0 amide bonds.